The first-order chi connectivity index (χ1) is 11.5. The molecule has 1 aromatic carbocycles. The predicted molar refractivity (Wildman–Crippen MR) is 95.8 cm³/mol. The van der Waals surface area contributed by atoms with Crippen molar-refractivity contribution in [2.45, 2.75) is 47.1 Å². The molecule has 0 aliphatic rings. The zero-order valence-corrected chi connectivity index (χ0v) is 15.1. The second kappa shape index (κ2) is 8.52. The first-order valence-corrected chi connectivity index (χ1v) is 8.61. The van der Waals surface area contributed by atoms with Crippen LogP contribution in [0.15, 0.2) is 28.8 Å². The van der Waals surface area contributed by atoms with E-state index in [0.29, 0.717) is 19.6 Å². The van der Waals surface area contributed by atoms with Crippen LogP contribution in [0.5, 0.6) is 0 Å². The smallest absolute Gasteiger partial charge is 0.317 e. The largest absolute Gasteiger partial charge is 0.356 e. The summed E-state index contributed by atoms with van der Waals surface area (Å²) in [6, 6.07) is 8.11. The average molecular weight is 329 g/mol. The molecule has 1 aromatic heterocycles. The minimum absolute atomic E-state index is 0.0465. The second-order valence-corrected chi connectivity index (χ2v) is 6.15. The Labute approximate surface area is 144 Å². The minimum Gasteiger partial charge on any atom is -0.356 e. The van der Waals surface area contributed by atoms with Crippen LogP contribution in [0.1, 0.15) is 43.5 Å². The molecule has 0 bridgehead atoms. The van der Waals surface area contributed by atoms with E-state index in [4.69, 9.17) is 4.52 Å². The maximum absolute atomic E-state index is 12.2. The molecule has 1 heterocycles. The maximum Gasteiger partial charge on any atom is 0.317 e. The van der Waals surface area contributed by atoms with Gasteiger partial charge in [-0.15, -0.1) is 0 Å². The standard InChI is InChI=1S/C19H27N3O2/c1-5-9-20-19(23)22(10-6-2)13-16-12-18(24-21-16)17-8-7-14(3)11-15(17)4/h7-8,11-12H,5-6,9-10,13H2,1-4H3,(H,20,23). The number of nitrogens with one attached hydrogen (secondary N) is 1. The van der Waals surface area contributed by atoms with E-state index in [9.17, 15) is 4.79 Å². The fourth-order valence-corrected chi connectivity index (χ4v) is 2.66. The Kier molecular flexibility index (Phi) is 6.41. The number of carbonyl (C=O) groups excluding carboxylic acids is 1. The van der Waals surface area contributed by atoms with Gasteiger partial charge in [-0.1, -0.05) is 42.8 Å². The lowest BCUT2D eigenvalue weighted by Crippen LogP contribution is -2.40. The van der Waals surface area contributed by atoms with Gasteiger partial charge >= 0.3 is 6.03 Å². The van der Waals surface area contributed by atoms with Gasteiger partial charge in [0.1, 0.15) is 5.69 Å². The number of aromatic nitrogens is 1. The Morgan fingerprint density at radius 2 is 2.00 bits per heavy atom. The zero-order chi connectivity index (χ0) is 17.5. The Hall–Kier alpha value is -2.30. The lowest BCUT2D eigenvalue weighted by atomic mass is 10.0. The molecule has 0 saturated carbocycles. The summed E-state index contributed by atoms with van der Waals surface area (Å²) in [5.41, 5.74) is 4.18. The number of hydrogen-bond acceptors (Lipinski definition) is 3. The van der Waals surface area contributed by atoms with Gasteiger partial charge in [0.2, 0.25) is 0 Å². The van der Waals surface area contributed by atoms with Crippen molar-refractivity contribution < 1.29 is 9.32 Å². The minimum atomic E-state index is -0.0465. The number of hydrogen-bond donors (Lipinski definition) is 1. The summed E-state index contributed by atoms with van der Waals surface area (Å²) in [5, 5.41) is 7.06. The molecule has 0 spiro atoms. The molecule has 130 valence electrons. The van der Waals surface area contributed by atoms with E-state index in [2.05, 4.69) is 43.4 Å². The average Bonchev–Trinajstić information content (AvgIpc) is 3.00. The third-order valence-corrected chi connectivity index (χ3v) is 3.87. The quantitative estimate of drug-likeness (QED) is 0.824. The Morgan fingerprint density at radius 1 is 1.21 bits per heavy atom. The fourth-order valence-electron chi connectivity index (χ4n) is 2.66. The van der Waals surface area contributed by atoms with Crippen molar-refractivity contribution in [1.82, 2.24) is 15.4 Å². The number of urea groups is 1. The van der Waals surface area contributed by atoms with Crippen LogP contribution >= 0.6 is 0 Å². The molecule has 0 fully saturated rings. The monoisotopic (exact) mass is 329 g/mol. The first-order valence-electron chi connectivity index (χ1n) is 8.61. The van der Waals surface area contributed by atoms with Crippen LogP contribution < -0.4 is 5.32 Å². The lowest BCUT2D eigenvalue weighted by Gasteiger charge is -2.21. The Morgan fingerprint density at radius 3 is 2.67 bits per heavy atom. The van der Waals surface area contributed by atoms with E-state index < -0.39 is 0 Å². The van der Waals surface area contributed by atoms with Gasteiger partial charge in [0.25, 0.3) is 0 Å². The van der Waals surface area contributed by atoms with Crippen molar-refractivity contribution in [2.75, 3.05) is 13.1 Å². The van der Waals surface area contributed by atoms with E-state index in [1.807, 2.05) is 19.1 Å². The molecule has 2 aromatic rings. The fraction of sp³-hybridized carbons (Fsp3) is 0.474. The van der Waals surface area contributed by atoms with Gasteiger partial charge < -0.3 is 14.7 Å². The van der Waals surface area contributed by atoms with E-state index in [1.54, 1.807) is 4.90 Å². The van der Waals surface area contributed by atoms with Crippen LogP contribution in [0.3, 0.4) is 0 Å². The molecule has 5 heteroatoms. The summed E-state index contributed by atoms with van der Waals surface area (Å²) in [4.78, 5) is 14.0. The molecule has 5 nitrogen and oxygen atoms in total. The highest BCUT2D eigenvalue weighted by atomic mass is 16.5. The summed E-state index contributed by atoms with van der Waals surface area (Å²) < 4.78 is 5.50. The Balaban J connectivity index is 2.12. The van der Waals surface area contributed by atoms with E-state index in [1.165, 1.54) is 5.56 Å². The summed E-state index contributed by atoms with van der Waals surface area (Å²) in [6.07, 6.45) is 1.83. The van der Waals surface area contributed by atoms with E-state index in [-0.39, 0.29) is 6.03 Å². The van der Waals surface area contributed by atoms with Gasteiger partial charge in [0.05, 0.1) is 6.54 Å². The van der Waals surface area contributed by atoms with Crippen LogP contribution in [-0.4, -0.2) is 29.2 Å². The molecule has 2 rings (SSSR count). The van der Waals surface area contributed by atoms with E-state index >= 15 is 0 Å². The normalized spacial score (nSPS) is 10.7. The van der Waals surface area contributed by atoms with Crippen LogP contribution in [-0.2, 0) is 6.54 Å². The van der Waals surface area contributed by atoms with Crippen LogP contribution in [0, 0.1) is 13.8 Å². The number of amides is 2. The molecule has 1 N–H and O–H groups in total. The molecule has 24 heavy (non-hydrogen) atoms. The zero-order valence-electron chi connectivity index (χ0n) is 15.1. The van der Waals surface area contributed by atoms with Crippen molar-refractivity contribution in [3.63, 3.8) is 0 Å². The van der Waals surface area contributed by atoms with Gasteiger partial charge in [-0.05, 0) is 32.3 Å². The van der Waals surface area contributed by atoms with E-state index in [0.717, 1.165) is 35.4 Å². The molecule has 2 amide bonds. The molecule has 0 atom stereocenters. The van der Waals surface area contributed by atoms with Crippen molar-refractivity contribution in [3.8, 4) is 11.3 Å². The number of nitrogens with zero attached hydrogens (tertiary/aromatic N) is 2. The second-order valence-electron chi connectivity index (χ2n) is 6.15. The summed E-state index contributed by atoms with van der Waals surface area (Å²) in [7, 11) is 0. The molecule has 0 saturated heterocycles. The summed E-state index contributed by atoms with van der Waals surface area (Å²) in [5.74, 6) is 0.743. The number of aryl methyl sites for hydroxylation is 2. The van der Waals surface area contributed by atoms with Crippen molar-refractivity contribution >= 4 is 6.03 Å². The third-order valence-electron chi connectivity index (χ3n) is 3.87. The van der Waals surface area contributed by atoms with Crippen molar-refractivity contribution in [3.05, 3.63) is 41.1 Å². The Bertz CT molecular complexity index is 679. The van der Waals surface area contributed by atoms with Gasteiger partial charge in [-0.3, -0.25) is 0 Å². The molecule has 0 unspecified atom stereocenters. The summed E-state index contributed by atoms with van der Waals surface area (Å²) in [6.45, 7) is 10.1. The highest BCUT2D eigenvalue weighted by molar-refractivity contribution is 5.74. The number of benzene rings is 1. The molecular formula is C19H27N3O2. The molecule has 0 aliphatic heterocycles. The lowest BCUT2D eigenvalue weighted by molar-refractivity contribution is 0.193. The van der Waals surface area contributed by atoms with Crippen LogP contribution in [0.4, 0.5) is 4.79 Å². The maximum atomic E-state index is 12.2. The van der Waals surface area contributed by atoms with Crippen molar-refractivity contribution in [1.29, 1.82) is 0 Å². The predicted octanol–water partition coefficient (Wildman–Crippen LogP) is 4.29. The van der Waals surface area contributed by atoms with Crippen LogP contribution in [0.25, 0.3) is 11.3 Å². The van der Waals surface area contributed by atoms with Gasteiger partial charge in [-0.25, -0.2) is 4.79 Å². The highest BCUT2D eigenvalue weighted by Gasteiger charge is 2.16. The first kappa shape index (κ1) is 18.0. The number of rotatable bonds is 7. The molecule has 0 aliphatic carbocycles. The van der Waals surface area contributed by atoms with Gasteiger partial charge in [0.15, 0.2) is 5.76 Å². The SMILES string of the molecule is CCCNC(=O)N(CCC)Cc1cc(-c2ccc(C)cc2C)on1. The van der Waals surface area contributed by atoms with Gasteiger partial charge in [-0.2, -0.15) is 0 Å². The highest BCUT2D eigenvalue weighted by Crippen LogP contribution is 2.25. The third kappa shape index (κ3) is 4.60. The molecule has 0 radical (unpaired) electrons. The van der Waals surface area contributed by atoms with Crippen LogP contribution in [0.2, 0.25) is 0 Å². The van der Waals surface area contributed by atoms with Gasteiger partial charge in [0, 0.05) is 24.7 Å². The summed E-state index contributed by atoms with van der Waals surface area (Å²) >= 11 is 0. The van der Waals surface area contributed by atoms with Crippen molar-refractivity contribution in [2.24, 2.45) is 0 Å². The molecular weight excluding hydrogens is 302 g/mol. The number of carbonyl (C=O) groups is 1. The topological polar surface area (TPSA) is 58.4 Å².